The van der Waals surface area contributed by atoms with Gasteiger partial charge in [0.2, 0.25) is 0 Å². The first kappa shape index (κ1) is 16.6. The zero-order valence-corrected chi connectivity index (χ0v) is 12.3. The normalized spacial score (nSPS) is 12.7. The fourth-order valence-electron chi connectivity index (χ4n) is 2.43. The maximum atomic E-state index is 12.8. The van der Waals surface area contributed by atoms with E-state index in [1.54, 1.807) is 0 Å². The molecule has 1 aliphatic carbocycles. The van der Waals surface area contributed by atoms with E-state index >= 15 is 0 Å². The Labute approximate surface area is 138 Å². The van der Waals surface area contributed by atoms with Crippen LogP contribution >= 0.6 is 0 Å². The van der Waals surface area contributed by atoms with E-state index < -0.39 is 29.4 Å². The van der Waals surface area contributed by atoms with E-state index in [-0.39, 0.29) is 16.9 Å². The van der Waals surface area contributed by atoms with Crippen molar-refractivity contribution in [2.24, 2.45) is 0 Å². The molecule has 3 rings (SSSR count). The molecule has 128 valence electrons. The molecular weight excluding hydrogens is 341 g/mol. The molecule has 0 atom stereocenters. The summed E-state index contributed by atoms with van der Waals surface area (Å²) in [5.74, 6) is -1.26. The van der Waals surface area contributed by atoms with Crippen molar-refractivity contribution >= 4 is 23.8 Å². The zero-order chi connectivity index (χ0) is 18.4. The van der Waals surface area contributed by atoms with Gasteiger partial charge >= 0.3 is 12.3 Å². The SMILES string of the molecule is O=C(O)OC1=Cc2cc(C(=O)c3cccc(C(F)(F)F)c3)c(O)cc21. The number of halogens is 3. The number of carbonyl (C=O) groups is 2. The summed E-state index contributed by atoms with van der Waals surface area (Å²) in [4.78, 5) is 22.9. The number of carboxylic acid groups (broad SMARTS) is 1. The molecule has 0 unspecified atom stereocenters. The Morgan fingerprint density at radius 1 is 1.08 bits per heavy atom. The van der Waals surface area contributed by atoms with Crippen molar-refractivity contribution in [3.05, 3.63) is 64.2 Å². The van der Waals surface area contributed by atoms with Crippen molar-refractivity contribution in [1.82, 2.24) is 0 Å². The van der Waals surface area contributed by atoms with Crippen LogP contribution in [0.15, 0.2) is 36.4 Å². The second kappa shape index (κ2) is 5.66. The minimum atomic E-state index is -4.59. The van der Waals surface area contributed by atoms with Gasteiger partial charge in [-0.25, -0.2) is 4.79 Å². The van der Waals surface area contributed by atoms with Crippen LogP contribution in [0.2, 0.25) is 0 Å². The van der Waals surface area contributed by atoms with Gasteiger partial charge in [-0.3, -0.25) is 4.79 Å². The van der Waals surface area contributed by atoms with Gasteiger partial charge < -0.3 is 14.9 Å². The van der Waals surface area contributed by atoms with E-state index in [4.69, 9.17) is 5.11 Å². The Kier molecular flexibility index (Phi) is 3.75. The van der Waals surface area contributed by atoms with Gasteiger partial charge in [0.05, 0.1) is 11.1 Å². The average molecular weight is 350 g/mol. The molecule has 0 amide bonds. The van der Waals surface area contributed by atoms with E-state index in [9.17, 15) is 27.9 Å². The quantitative estimate of drug-likeness (QED) is 0.642. The number of phenolic OH excluding ortho intramolecular Hbond substituents is 1. The number of benzene rings is 2. The minimum absolute atomic E-state index is 0.0101. The van der Waals surface area contributed by atoms with Gasteiger partial charge in [-0.05, 0) is 35.9 Å². The molecule has 2 aromatic carbocycles. The number of alkyl halides is 3. The fourth-order valence-corrected chi connectivity index (χ4v) is 2.43. The second-order valence-corrected chi connectivity index (χ2v) is 5.24. The van der Waals surface area contributed by atoms with Crippen LogP contribution in [0.1, 0.15) is 32.6 Å². The highest BCUT2D eigenvalue weighted by molar-refractivity contribution is 6.12. The summed E-state index contributed by atoms with van der Waals surface area (Å²) in [5.41, 5.74) is -0.664. The highest BCUT2D eigenvalue weighted by atomic mass is 19.4. The molecule has 5 nitrogen and oxygen atoms in total. The maximum absolute atomic E-state index is 12.8. The van der Waals surface area contributed by atoms with Crippen LogP contribution in [0.25, 0.3) is 11.8 Å². The molecule has 0 radical (unpaired) electrons. The zero-order valence-electron chi connectivity index (χ0n) is 12.3. The lowest BCUT2D eigenvalue weighted by Gasteiger charge is -2.19. The number of hydrogen-bond donors (Lipinski definition) is 2. The maximum Gasteiger partial charge on any atom is 0.511 e. The third-order valence-corrected chi connectivity index (χ3v) is 3.61. The van der Waals surface area contributed by atoms with Gasteiger partial charge in [0, 0.05) is 11.1 Å². The number of ketones is 1. The van der Waals surface area contributed by atoms with Crippen LogP contribution in [0, 0.1) is 0 Å². The van der Waals surface area contributed by atoms with Crippen molar-refractivity contribution < 1.29 is 37.7 Å². The molecule has 0 aliphatic heterocycles. The molecule has 8 heteroatoms. The predicted octanol–water partition coefficient (Wildman–Crippen LogP) is 4.15. The first-order valence-electron chi connectivity index (χ1n) is 6.88. The molecule has 0 bridgehead atoms. The molecule has 0 heterocycles. The second-order valence-electron chi connectivity index (χ2n) is 5.24. The van der Waals surface area contributed by atoms with E-state index in [0.717, 1.165) is 18.2 Å². The highest BCUT2D eigenvalue weighted by Crippen LogP contribution is 2.38. The topological polar surface area (TPSA) is 83.8 Å². The van der Waals surface area contributed by atoms with Gasteiger partial charge in [-0.1, -0.05) is 12.1 Å². The monoisotopic (exact) mass is 350 g/mol. The lowest BCUT2D eigenvalue weighted by Crippen LogP contribution is -2.11. The first-order chi connectivity index (χ1) is 11.7. The smallest absolute Gasteiger partial charge is 0.507 e. The molecule has 2 aromatic rings. The van der Waals surface area contributed by atoms with E-state index in [1.807, 2.05) is 0 Å². The lowest BCUT2D eigenvalue weighted by molar-refractivity contribution is -0.137. The van der Waals surface area contributed by atoms with Gasteiger partial charge in [-0.15, -0.1) is 0 Å². The third-order valence-electron chi connectivity index (χ3n) is 3.61. The van der Waals surface area contributed by atoms with Crippen molar-refractivity contribution in [2.75, 3.05) is 0 Å². The average Bonchev–Trinajstić information content (AvgIpc) is 2.53. The van der Waals surface area contributed by atoms with Gasteiger partial charge in [0.25, 0.3) is 0 Å². The number of carbonyl (C=O) groups excluding carboxylic acids is 1. The van der Waals surface area contributed by atoms with Crippen molar-refractivity contribution in [1.29, 1.82) is 0 Å². The molecule has 0 fully saturated rings. The number of phenols is 1. The Morgan fingerprint density at radius 3 is 2.44 bits per heavy atom. The van der Waals surface area contributed by atoms with Crippen molar-refractivity contribution in [2.45, 2.75) is 6.18 Å². The van der Waals surface area contributed by atoms with Gasteiger partial charge in [-0.2, -0.15) is 13.2 Å². The number of rotatable bonds is 3. The summed E-state index contributed by atoms with van der Waals surface area (Å²) in [5, 5.41) is 18.5. The standard InChI is InChI=1S/C17H9F3O5/c18-17(19,20)10-3-1-2-8(4-10)15(22)12-5-9-6-14(25-16(23)24)11(9)7-13(12)21/h1-7,21H,(H,23,24). The largest absolute Gasteiger partial charge is 0.511 e. The molecule has 1 aliphatic rings. The lowest BCUT2D eigenvalue weighted by atomic mass is 9.90. The van der Waals surface area contributed by atoms with Crippen molar-refractivity contribution in [3.8, 4) is 5.75 Å². The Morgan fingerprint density at radius 2 is 1.80 bits per heavy atom. The summed E-state index contributed by atoms with van der Waals surface area (Å²) in [6.45, 7) is 0. The van der Waals surface area contributed by atoms with Gasteiger partial charge in [0.1, 0.15) is 11.5 Å². The Bertz CT molecular complexity index is 928. The summed E-state index contributed by atoms with van der Waals surface area (Å²) >= 11 is 0. The molecule has 0 saturated carbocycles. The van der Waals surface area contributed by atoms with E-state index in [2.05, 4.69) is 4.74 Å². The summed E-state index contributed by atoms with van der Waals surface area (Å²) in [6.07, 6.45) is -4.78. The highest BCUT2D eigenvalue weighted by Gasteiger charge is 2.31. The van der Waals surface area contributed by atoms with Crippen molar-refractivity contribution in [3.63, 3.8) is 0 Å². The van der Waals surface area contributed by atoms with Crippen LogP contribution in [0.4, 0.5) is 18.0 Å². The molecule has 25 heavy (non-hydrogen) atoms. The molecule has 2 N–H and O–H groups in total. The fraction of sp³-hybridized carbons (Fsp3) is 0.0588. The van der Waals surface area contributed by atoms with Crippen LogP contribution < -0.4 is 0 Å². The van der Waals surface area contributed by atoms with Crippen LogP contribution in [-0.2, 0) is 10.9 Å². The summed E-state index contributed by atoms with van der Waals surface area (Å²) in [7, 11) is 0. The molecular formula is C17H9F3O5. The number of fused-ring (bicyclic) bond motifs is 1. The molecule has 0 aromatic heterocycles. The number of hydrogen-bond acceptors (Lipinski definition) is 4. The Balaban J connectivity index is 1.94. The van der Waals surface area contributed by atoms with Gasteiger partial charge in [0.15, 0.2) is 5.78 Å². The van der Waals surface area contributed by atoms with Crippen LogP contribution in [0.5, 0.6) is 5.75 Å². The van der Waals surface area contributed by atoms with E-state index in [1.165, 1.54) is 18.2 Å². The third kappa shape index (κ3) is 3.06. The summed E-state index contributed by atoms with van der Waals surface area (Å²) in [6, 6.07) is 6.26. The van der Waals surface area contributed by atoms with Crippen LogP contribution in [0.3, 0.4) is 0 Å². The first-order valence-corrected chi connectivity index (χ1v) is 6.88. The molecule has 0 saturated heterocycles. The molecule has 0 spiro atoms. The summed E-state index contributed by atoms with van der Waals surface area (Å²) < 4.78 is 42.7. The number of ether oxygens (including phenoxy) is 1. The number of aromatic hydroxyl groups is 1. The van der Waals surface area contributed by atoms with Crippen LogP contribution in [-0.4, -0.2) is 22.2 Å². The Hall–Kier alpha value is -3.29. The minimum Gasteiger partial charge on any atom is -0.507 e. The predicted molar refractivity (Wildman–Crippen MR) is 80.0 cm³/mol. The van der Waals surface area contributed by atoms with E-state index in [0.29, 0.717) is 17.2 Å².